The predicted octanol–water partition coefficient (Wildman–Crippen LogP) is 3.15. The van der Waals surface area contributed by atoms with Crippen LogP contribution in [0.2, 0.25) is 0 Å². The highest BCUT2D eigenvalue weighted by molar-refractivity contribution is 7.99. The zero-order valence-corrected chi connectivity index (χ0v) is 13.4. The number of thioether (sulfide) groups is 1. The number of hydrogen-bond acceptors (Lipinski definition) is 5. The number of phenolic OH excluding ortho intramolecular Hbond substituents is 2. The summed E-state index contributed by atoms with van der Waals surface area (Å²) in [5.74, 6) is -0.169. The van der Waals surface area contributed by atoms with Gasteiger partial charge in [-0.15, -0.1) is 11.8 Å². The lowest BCUT2D eigenvalue weighted by atomic mass is 10.1. The quantitative estimate of drug-likeness (QED) is 0.283. The van der Waals surface area contributed by atoms with Crippen molar-refractivity contribution in [3.63, 3.8) is 0 Å². The monoisotopic (exact) mass is 328 g/mol. The third-order valence-electron chi connectivity index (χ3n) is 3.31. The standard InChI is InChI=1S/C16H24O5S/c17-8-7-12-10-13(18)16(21)14(11-12)22-9-5-3-1-2-4-6-15(19)20/h10-11,17-18,21H,1-9H2,(H,19,20). The summed E-state index contributed by atoms with van der Waals surface area (Å²) in [6.45, 7) is 0.00463. The summed E-state index contributed by atoms with van der Waals surface area (Å²) in [4.78, 5) is 11.0. The van der Waals surface area contributed by atoms with Crippen molar-refractivity contribution in [2.45, 2.75) is 49.8 Å². The number of carbonyl (C=O) groups is 1. The molecule has 1 aromatic carbocycles. The van der Waals surface area contributed by atoms with Crippen LogP contribution in [0, 0.1) is 0 Å². The minimum Gasteiger partial charge on any atom is -0.504 e. The van der Waals surface area contributed by atoms with Gasteiger partial charge in [0, 0.05) is 13.0 Å². The van der Waals surface area contributed by atoms with Crippen molar-refractivity contribution in [1.29, 1.82) is 0 Å². The lowest BCUT2D eigenvalue weighted by molar-refractivity contribution is -0.137. The summed E-state index contributed by atoms with van der Waals surface area (Å²) in [7, 11) is 0. The summed E-state index contributed by atoms with van der Waals surface area (Å²) in [5.41, 5.74) is 0.800. The predicted molar refractivity (Wildman–Crippen MR) is 86.6 cm³/mol. The molecule has 1 rings (SSSR count). The number of phenols is 2. The molecule has 0 bridgehead atoms. The van der Waals surface area contributed by atoms with Gasteiger partial charge in [-0.2, -0.15) is 0 Å². The van der Waals surface area contributed by atoms with Gasteiger partial charge >= 0.3 is 5.97 Å². The summed E-state index contributed by atoms with van der Waals surface area (Å²) < 4.78 is 0. The van der Waals surface area contributed by atoms with E-state index in [9.17, 15) is 15.0 Å². The van der Waals surface area contributed by atoms with Crippen molar-refractivity contribution in [2.24, 2.45) is 0 Å². The van der Waals surface area contributed by atoms with Gasteiger partial charge in [-0.3, -0.25) is 4.79 Å². The van der Waals surface area contributed by atoms with Crippen LogP contribution >= 0.6 is 11.8 Å². The molecule has 0 atom stereocenters. The van der Waals surface area contributed by atoms with Crippen LogP contribution in [0.3, 0.4) is 0 Å². The van der Waals surface area contributed by atoms with Crippen LogP contribution in [0.25, 0.3) is 0 Å². The summed E-state index contributed by atoms with van der Waals surface area (Å²) in [6, 6.07) is 3.26. The zero-order valence-electron chi connectivity index (χ0n) is 12.6. The molecule has 4 N–H and O–H groups in total. The van der Waals surface area contributed by atoms with Crippen LogP contribution in [0.15, 0.2) is 17.0 Å². The minimum atomic E-state index is -0.742. The van der Waals surface area contributed by atoms with E-state index in [2.05, 4.69) is 0 Å². The molecule has 1 aromatic rings. The molecule has 0 saturated heterocycles. The first kappa shape index (κ1) is 18.6. The number of aromatic hydroxyl groups is 2. The molecule has 0 saturated carbocycles. The van der Waals surface area contributed by atoms with Gasteiger partial charge in [0.2, 0.25) is 0 Å². The van der Waals surface area contributed by atoms with E-state index in [0.29, 0.717) is 11.3 Å². The SMILES string of the molecule is O=C(O)CCCCCCCSc1cc(CCO)cc(O)c1O. The van der Waals surface area contributed by atoms with Crippen LogP contribution in [0.5, 0.6) is 11.5 Å². The van der Waals surface area contributed by atoms with Crippen LogP contribution < -0.4 is 0 Å². The van der Waals surface area contributed by atoms with E-state index in [0.717, 1.165) is 43.4 Å². The normalized spacial score (nSPS) is 10.8. The number of carboxylic acid groups (broad SMARTS) is 1. The highest BCUT2D eigenvalue weighted by Crippen LogP contribution is 2.37. The van der Waals surface area contributed by atoms with E-state index < -0.39 is 5.97 Å². The van der Waals surface area contributed by atoms with Crippen molar-refractivity contribution < 1.29 is 25.2 Å². The second-order valence-corrected chi connectivity index (χ2v) is 6.33. The van der Waals surface area contributed by atoms with Gasteiger partial charge in [0.05, 0.1) is 4.90 Å². The molecule has 0 aromatic heterocycles. The van der Waals surface area contributed by atoms with E-state index >= 15 is 0 Å². The first-order chi connectivity index (χ1) is 10.5. The fourth-order valence-electron chi connectivity index (χ4n) is 2.12. The van der Waals surface area contributed by atoms with E-state index in [1.54, 1.807) is 6.07 Å². The maximum atomic E-state index is 10.4. The Bertz CT molecular complexity index is 476. The fraction of sp³-hybridized carbons (Fsp3) is 0.562. The maximum absolute atomic E-state index is 10.4. The lowest BCUT2D eigenvalue weighted by Crippen LogP contribution is -1.93. The Morgan fingerprint density at radius 2 is 1.73 bits per heavy atom. The zero-order chi connectivity index (χ0) is 16.4. The number of aliphatic hydroxyl groups is 1. The molecule has 22 heavy (non-hydrogen) atoms. The average Bonchev–Trinajstić information content (AvgIpc) is 2.46. The summed E-state index contributed by atoms with van der Waals surface area (Å²) in [6.07, 6.45) is 5.34. The molecular formula is C16H24O5S. The van der Waals surface area contributed by atoms with Crippen LogP contribution in [0.4, 0.5) is 0 Å². The van der Waals surface area contributed by atoms with Crippen molar-refractivity contribution in [2.75, 3.05) is 12.4 Å². The molecule has 5 nitrogen and oxygen atoms in total. The molecule has 0 aliphatic carbocycles. The Morgan fingerprint density at radius 1 is 1.05 bits per heavy atom. The number of unbranched alkanes of at least 4 members (excludes halogenated alkanes) is 4. The third-order valence-corrected chi connectivity index (χ3v) is 4.42. The first-order valence-electron chi connectivity index (χ1n) is 7.55. The van der Waals surface area contributed by atoms with Crippen molar-refractivity contribution in [1.82, 2.24) is 0 Å². The Balaban J connectivity index is 2.28. The second-order valence-electron chi connectivity index (χ2n) is 5.20. The molecular weight excluding hydrogens is 304 g/mol. The summed E-state index contributed by atoms with van der Waals surface area (Å²) >= 11 is 1.48. The minimum absolute atomic E-state index is 0.00463. The number of benzene rings is 1. The van der Waals surface area contributed by atoms with Gasteiger partial charge in [-0.05, 0) is 42.7 Å². The third kappa shape index (κ3) is 7.04. The number of aliphatic carboxylic acids is 1. The fourth-order valence-corrected chi connectivity index (χ4v) is 3.17. The maximum Gasteiger partial charge on any atom is 0.303 e. The highest BCUT2D eigenvalue weighted by atomic mass is 32.2. The van der Waals surface area contributed by atoms with Gasteiger partial charge in [0.25, 0.3) is 0 Å². The van der Waals surface area contributed by atoms with E-state index in [4.69, 9.17) is 10.2 Å². The second kappa shape index (κ2) is 10.3. The van der Waals surface area contributed by atoms with Gasteiger partial charge in [-0.1, -0.05) is 19.3 Å². The molecule has 0 fully saturated rings. The molecule has 0 aliphatic rings. The van der Waals surface area contributed by atoms with Crippen LogP contribution in [0.1, 0.15) is 44.1 Å². The highest BCUT2D eigenvalue weighted by Gasteiger charge is 2.09. The molecule has 0 spiro atoms. The molecule has 124 valence electrons. The number of aliphatic hydroxyl groups excluding tert-OH is 1. The van der Waals surface area contributed by atoms with Crippen molar-refractivity contribution >= 4 is 17.7 Å². The van der Waals surface area contributed by atoms with Crippen LogP contribution in [-0.2, 0) is 11.2 Å². The Kier molecular flexibility index (Phi) is 8.77. The number of carboxylic acids is 1. The molecule has 0 unspecified atom stereocenters. The van der Waals surface area contributed by atoms with Crippen molar-refractivity contribution in [3.05, 3.63) is 17.7 Å². The van der Waals surface area contributed by atoms with Gasteiger partial charge < -0.3 is 20.4 Å². The van der Waals surface area contributed by atoms with Gasteiger partial charge in [0.1, 0.15) is 0 Å². The summed E-state index contributed by atoms with van der Waals surface area (Å²) in [5, 5.41) is 36.9. The van der Waals surface area contributed by atoms with E-state index in [1.165, 1.54) is 17.8 Å². The molecule has 0 radical (unpaired) electrons. The van der Waals surface area contributed by atoms with Crippen LogP contribution in [-0.4, -0.2) is 38.8 Å². The molecule has 0 aliphatic heterocycles. The van der Waals surface area contributed by atoms with Crippen molar-refractivity contribution in [3.8, 4) is 11.5 Å². The Hall–Kier alpha value is -1.40. The smallest absolute Gasteiger partial charge is 0.303 e. The number of hydrogen-bond donors (Lipinski definition) is 4. The Labute approximate surface area is 135 Å². The first-order valence-corrected chi connectivity index (χ1v) is 8.53. The largest absolute Gasteiger partial charge is 0.504 e. The topological polar surface area (TPSA) is 98.0 Å². The van der Waals surface area contributed by atoms with Gasteiger partial charge in [-0.25, -0.2) is 0 Å². The molecule has 6 heteroatoms. The average molecular weight is 328 g/mol. The number of rotatable bonds is 11. The van der Waals surface area contributed by atoms with E-state index in [-0.39, 0.29) is 24.5 Å². The van der Waals surface area contributed by atoms with E-state index in [1.807, 2.05) is 0 Å². The molecule has 0 amide bonds. The molecule has 0 heterocycles. The van der Waals surface area contributed by atoms with Gasteiger partial charge in [0.15, 0.2) is 11.5 Å². The Morgan fingerprint density at radius 3 is 2.41 bits per heavy atom. The lowest BCUT2D eigenvalue weighted by Gasteiger charge is -2.09.